The first-order valence-corrected chi connectivity index (χ1v) is 6.38. The molecule has 2 heterocycles. The lowest BCUT2D eigenvalue weighted by Crippen LogP contribution is -2.45. The van der Waals surface area contributed by atoms with E-state index in [1.54, 1.807) is 6.33 Å². The number of nitrogens with zero attached hydrogens (tertiary/aromatic N) is 2. The number of nitrogens with one attached hydrogen (secondary N) is 2. The molecule has 1 saturated heterocycles. The van der Waals surface area contributed by atoms with Crippen LogP contribution in [-0.4, -0.2) is 33.4 Å². The van der Waals surface area contributed by atoms with E-state index in [0.717, 1.165) is 31.7 Å². The second kappa shape index (κ2) is 5.14. The zero-order chi connectivity index (χ0) is 12.3. The number of rotatable bonds is 4. The SMILES string of the molecule is CCC1(C)CC(NC(C)c2ncn[nH]2)CCO1. The van der Waals surface area contributed by atoms with Crippen LogP contribution in [0.1, 0.15) is 51.9 Å². The lowest BCUT2D eigenvalue weighted by molar-refractivity contribution is -0.0790. The van der Waals surface area contributed by atoms with Crippen molar-refractivity contribution in [3.63, 3.8) is 0 Å². The number of hydrogen-bond donors (Lipinski definition) is 2. The molecule has 0 aliphatic carbocycles. The summed E-state index contributed by atoms with van der Waals surface area (Å²) in [6, 6.07) is 0.704. The predicted molar refractivity (Wildman–Crippen MR) is 65.6 cm³/mol. The monoisotopic (exact) mass is 238 g/mol. The Labute approximate surface area is 102 Å². The molecule has 2 rings (SSSR count). The fourth-order valence-corrected chi connectivity index (χ4v) is 2.37. The van der Waals surface area contributed by atoms with Crippen LogP contribution in [0.5, 0.6) is 0 Å². The van der Waals surface area contributed by atoms with E-state index in [1.165, 1.54) is 0 Å². The largest absolute Gasteiger partial charge is 0.375 e. The Bertz CT molecular complexity index is 340. The average molecular weight is 238 g/mol. The summed E-state index contributed by atoms with van der Waals surface area (Å²) in [5, 5.41) is 10.4. The van der Waals surface area contributed by atoms with Gasteiger partial charge in [0.1, 0.15) is 12.2 Å². The van der Waals surface area contributed by atoms with Gasteiger partial charge in [-0.25, -0.2) is 4.98 Å². The molecule has 3 unspecified atom stereocenters. The smallest absolute Gasteiger partial charge is 0.141 e. The number of ether oxygens (including phenoxy) is 1. The minimum absolute atomic E-state index is 0.0249. The van der Waals surface area contributed by atoms with Gasteiger partial charge in [0.15, 0.2) is 0 Å². The Morgan fingerprint density at radius 1 is 1.71 bits per heavy atom. The van der Waals surface area contributed by atoms with Gasteiger partial charge in [-0.1, -0.05) is 6.92 Å². The molecule has 1 aliphatic rings. The van der Waals surface area contributed by atoms with Crippen LogP contribution in [0.4, 0.5) is 0 Å². The Morgan fingerprint density at radius 2 is 2.53 bits per heavy atom. The third kappa shape index (κ3) is 3.04. The molecule has 2 N–H and O–H groups in total. The molecule has 1 fully saturated rings. The third-order valence-corrected chi connectivity index (χ3v) is 3.67. The summed E-state index contributed by atoms with van der Waals surface area (Å²) in [4.78, 5) is 4.18. The minimum Gasteiger partial charge on any atom is -0.375 e. The van der Waals surface area contributed by atoms with Gasteiger partial charge >= 0.3 is 0 Å². The molecule has 1 aromatic rings. The Kier molecular flexibility index (Phi) is 3.79. The highest BCUT2D eigenvalue weighted by atomic mass is 16.5. The van der Waals surface area contributed by atoms with Crippen LogP contribution in [0.25, 0.3) is 0 Å². The van der Waals surface area contributed by atoms with Crippen LogP contribution in [0, 0.1) is 0 Å². The standard InChI is InChI=1S/C12H22N4O/c1-4-12(3)7-10(5-6-17-12)15-9(2)11-13-8-14-16-11/h8-10,15H,4-7H2,1-3H3,(H,13,14,16). The highest BCUT2D eigenvalue weighted by Crippen LogP contribution is 2.28. The zero-order valence-corrected chi connectivity index (χ0v) is 10.9. The second-order valence-electron chi connectivity index (χ2n) is 5.10. The first-order chi connectivity index (χ1) is 8.13. The lowest BCUT2D eigenvalue weighted by Gasteiger charge is -2.38. The highest BCUT2D eigenvalue weighted by Gasteiger charge is 2.32. The van der Waals surface area contributed by atoms with Gasteiger partial charge in [-0.15, -0.1) is 0 Å². The maximum absolute atomic E-state index is 5.84. The predicted octanol–water partition coefficient (Wildman–Crippen LogP) is 1.80. The summed E-state index contributed by atoms with van der Waals surface area (Å²) in [6.45, 7) is 7.33. The van der Waals surface area contributed by atoms with Crippen LogP contribution in [0.15, 0.2) is 6.33 Å². The summed E-state index contributed by atoms with van der Waals surface area (Å²) in [6.07, 6.45) is 4.73. The van der Waals surface area contributed by atoms with Gasteiger partial charge in [-0.2, -0.15) is 5.10 Å². The fraction of sp³-hybridized carbons (Fsp3) is 0.833. The van der Waals surface area contributed by atoms with E-state index in [2.05, 4.69) is 41.3 Å². The van der Waals surface area contributed by atoms with E-state index >= 15 is 0 Å². The van der Waals surface area contributed by atoms with E-state index in [9.17, 15) is 0 Å². The van der Waals surface area contributed by atoms with Gasteiger partial charge in [-0.3, -0.25) is 5.10 Å². The maximum atomic E-state index is 5.84. The Morgan fingerprint density at radius 3 is 3.18 bits per heavy atom. The molecule has 0 amide bonds. The highest BCUT2D eigenvalue weighted by molar-refractivity contribution is 4.93. The van der Waals surface area contributed by atoms with E-state index in [0.29, 0.717) is 6.04 Å². The molecule has 1 aromatic heterocycles. The van der Waals surface area contributed by atoms with Crippen molar-refractivity contribution in [1.82, 2.24) is 20.5 Å². The van der Waals surface area contributed by atoms with E-state index in [1.807, 2.05) is 0 Å². The van der Waals surface area contributed by atoms with Crippen molar-refractivity contribution in [2.45, 2.75) is 57.7 Å². The lowest BCUT2D eigenvalue weighted by atomic mass is 9.89. The molecular weight excluding hydrogens is 216 g/mol. The summed E-state index contributed by atoms with van der Waals surface area (Å²) in [7, 11) is 0. The van der Waals surface area contributed by atoms with E-state index in [-0.39, 0.29) is 11.6 Å². The molecule has 0 saturated carbocycles. The first-order valence-electron chi connectivity index (χ1n) is 6.38. The molecule has 0 bridgehead atoms. The first kappa shape index (κ1) is 12.5. The van der Waals surface area contributed by atoms with Crippen molar-refractivity contribution in [2.24, 2.45) is 0 Å². The molecule has 5 nitrogen and oxygen atoms in total. The maximum Gasteiger partial charge on any atom is 0.141 e. The average Bonchev–Trinajstić information content (AvgIpc) is 2.82. The number of aromatic nitrogens is 3. The number of hydrogen-bond acceptors (Lipinski definition) is 4. The fourth-order valence-electron chi connectivity index (χ4n) is 2.37. The van der Waals surface area contributed by atoms with Crippen LogP contribution in [0.2, 0.25) is 0 Å². The second-order valence-corrected chi connectivity index (χ2v) is 5.10. The van der Waals surface area contributed by atoms with Crippen molar-refractivity contribution in [3.8, 4) is 0 Å². The minimum atomic E-state index is 0.0249. The normalized spacial score (nSPS) is 31.4. The van der Waals surface area contributed by atoms with Crippen molar-refractivity contribution in [2.75, 3.05) is 6.61 Å². The number of H-pyrrole nitrogens is 1. The van der Waals surface area contributed by atoms with Gasteiger partial charge in [0.05, 0.1) is 11.6 Å². The topological polar surface area (TPSA) is 62.8 Å². The summed E-state index contributed by atoms with van der Waals surface area (Å²) in [5.74, 6) is 0.898. The molecule has 5 heteroatoms. The van der Waals surface area contributed by atoms with Gasteiger partial charge in [0.25, 0.3) is 0 Å². The van der Waals surface area contributed by atoms with Crippen LogP contribution >= 0.6 is 0 Å². The van der Waals surface area contributed by atoms with Gasteiger partial charge in [0.2, 0.25) is 0 Å². The van der Waals surface area contributed by atoms with Crippen LogP contribution < -0.4 is 5.32 Å². The molecule has 3 atom stereocenters. The van der Waals surface area contributed by atoms with E-state index < -0.39 is 0 Å². The van der Waals surface area contributed by atoms with Crippen molar-refractivity contribution in [3.05, 3.63) is 12.2 Å². The van der Waals surface area contributed by atoms with Gasteiger partial charge in [0, 0.05) is 12.6 Å². The molecule has 0 spiro atoms. The summed E-state index contributed by atoms with van der Waals surface area (Å²) < 4.78 is 5.84. The Balaban J connectivity index is 1.91. The van der Waals surface area contributed by atoms with Crippen LogP contribution in [0.3, 0.4) is 0 Å². The quantitative estimate of drug-likeness (QED) is 0.839. The van der Waals surface area contributed by atoms with Gasteiger partial charge < -0.3 is 10.1 Å². The van der Waals surface area contributed by atoms with Crippen LogP contribution in [-0.2, 0) is 4.74 Å². The molecule has 1 aliphatic heterocycles. The zero-order valence-electron chi connectivity index (χ0n) is 10.9. The Hall–Kier alpha value is -0.940. The molecule has 0 aromatic carbocycles. The molecule has 96 valence electrons. The summed E-state index contributed by atoms with van der Waals surface area (Å²) >= 11 is 0. The van der Waals surface area contributed by atoms with Crippen molar-refractivity contribution in [1.29, 1.82) is 0 Å². The number of aromatic amines is 1. The third-order valence-electron chi connectivity index (χ3n) is 3.67. The molecule has 0 radical (unpaired) electrons. The van der Waals surface area contributed by atoms with Crippen molar-refractivity contribution < 1.29 is 4.74 Å². The van der Waals surface area contributed by atoms with Crippen molar-refractivity contribution >= 4 is 0 Å². The summed E-state index contributed by atoms with van der Waals surface area (Å²) in [5.41, 5.74) is 0.0249. The van der Waals surface area contributed by atoms with E-state index in [4.69, 9.17) is 4.74 Å². The molecular formula is C12H22N4O. The molecule has 17 heavy (non-hydrogen) atoms. The van der Waals surface area contributed by atoms with Gasteiger partial charge in [-0.05, 0) is 33.1 Å².